The van der Waals surface area contributed by atoms with Crippen LogP contribution in [0.15, 0.2) is 201 Å². The Kier molecular flexibility index (Phi) is 11.9. The molecule has 14 nitrogen and oxygen atoms in total. The molecule has 0 spiro atoms. The molecule has 0 radical (unpaired) electrons. The van der Waals surface area contributed by atoms with Crippen LogP contribution in [0, 0.1) is 0 Å². The molecule has 5 aromatic carbocycles. The first kappa shape index (κ1) is 43.6. The van der Waals surface area contributed by atoms with Crippen molar-refractivity contribution in [2.45, 2.75) is 5.54 Å². The smallest absolute Gasteiger partial charge is 0.138 e. The van der Waals surface area contributed by atoms with Gasteiger partial charge in [-0.1, -0.05) is 115 Å². The third-order valence-corrected chi connectivity index (χ3v) is 13.4. The molecule has 2 aliphatic heterocycles. The lowest BCUT2D eigenvalue weighted by Gasteiger charge is -2.36. The number of benzene rings is 5. The maximum atomic E-state index is 5.54. The molecule has 2 aliphatic rings. The highest BCUT2D eigenvalue weighted by molar-refractivity contribution is 5.86. The fraction of sp³-hybridized carbons (Fsp3) is 0.158. The summed E-state index contributed by atoms with van der Waals surface area (Å²) in [7, 11) is 0. The van der Waals surface area contributed by atoms with Crippen LogP contribution in [0.2, 0.25) is 0 Å². The molecule has 71 heavy (non-hydrogen) atoms. The van der Waals surface area contributed by atoms with E-state index in [1.54, 1.807) is 0 Å². The van der Waals surface area contributed by atoms with Gasteiger partial charge in [0.1, 0.15) is 17.2 Å². The quantitative estimate of drug-likeness (QED) is 0.132. The van der Waals surface area contributed by atoms with Gasteiger partial charge in [-0.05, 0) is 52.1 Å². The fourth-order valence-electron chi connectivity index (χ4n) is 9.82. The van der Waals surface area contributed by atoms with Gasteiger partial charge in [0, 0.05) is 85.0 Å². The highest BCUT2D eigenvalue weighted by Gasteiger charge is 2.39. The average molecular weight is 935 g/mol. The first-order valence-corrected chi connectivity index (χ1v) is 23.9. The summed E-state index contributed by atoms with van der Waals surface area (Å²) in [5, 5.41) is 23.5. The van der Waals surface area contributed by atoms with Gasteiger partial charge in [0.15, 0.2) is 0 Å². The monoisotopic (exact) mass is 934 g/mol. The Morgan fingerprint density at radius 2 is 0.930 bits per heavy atom. The normalized spacial score (nSPS) is 14.1. The van der Waals surface area contributed by atoms with Crippen molar-refractivity contribution in [3.8, 4) is 33.6 Å². The summed E-state index contributed by atoms with van der Waals surface area (Å²) in [5.41, 5.74) is 11.1. The van der Waals surface area contributed by atoms with Gasteiger partial charge in [-0.2, -0.15) is 20.4 Å². The van der Waals surface area contributed by atoms with E-state index in [0.717, 1.165) is 123 Å². The zero-order valence-corrected chi connectivity index (χ0v) is 38.9. The SMILES string of the molecule is c1cc(-n2ncc3ccc(-c4cn[nH]c4)cc32)cc(N2CCOCC2)n1.c1ccc(C(c2ccccc2)(c2ccccc2)n2cc(-c3ccc4cnn(-c5ccnc(N6CCOCC6)c5)c4c3)cn2)cc1. The number of rotatable bonds is 10. The maximum Gasteiger partial charge on any atom is 0.138 e. The van der Waals surface area contributed by atoms with Gasteiger partial charge in [0.25, 0.3) is 0 Å². The number of pyridine rings is 2. The Balaban J connectivity index is 0.000000168. The third kappa shape index (κ3) is 8.49. The predicted octanol–water partition coefficient (Wildman–Crippen LogP) is 9.61. The van der Waals surface area contributed by atoms with E-state index in [9.17, 15) is 0 Å². The Hall–Kier alpha value is -8.72. The van der Waals surface area contributed by atoms with Crippen molar-refractivity contribution in [3.63, 3.8) is 0 Å². The van der Waals surface area contributed by atoms with Gasteiger partial charge in [0.2, 0.25) is 0 Å². The van der Waals surface area contributed by atoms with Gasteiger partial charge < -0.3 is 19.3 Å². The first-order valence-electron chi connectivity index (χ1n) is 23.9. The number of H-pyrrole nitrogens is 1. The maximum absolute atomic E-state index is 5.54. The molecule has 0 saturated carbocycles. The molecule has 8 heterocycles. The molecule has 0 unspecified atom stereocenters. The molecule has 2 saturated heterocycles. The van der Waals surface area contributed by atoms with Crippen LogP contribution in [0.3, 0.4) is 0 Å². The third-order valence-electron chi connectivity index (χ3n) is 13.4. The van der Waals surface area contributed by atoms with Crippen molar-refractivity contribution in [1.82, 2.24) is 49.5 Å². The molecule has 350 valence electrons. The van der Waals surface area contributed by atoms with E-state index in [1.807, 2.05) is 64.9 Å². The van der Waals surface area contributed by atoms with Crippen LogP contribution >= 0.6 is 0 Å². The van der Waals surface area contributed by atoms with Crippen molar-refractivity contribution in [2.75, 3.05) is 62.4 Å². The van der Waals surface area contributed by atoms with E-state index in [0.29, 0.717) is 13.2 Å². The second kappa shape index (κ2) is 19.3. The summed E-state index contributed by atoms with van der Waals surface area (Å²) in [6, 6.07) is 52.9. The number of aromatic amines is 1. The van der Waals surface area contributed by atoms with Crippen LogP contribution in [-0.2, 0) is 15.0 Å². The van der Waals surface area contributed by atoms with Crippen LogP contribution in [0.5, 0.6) is 0 Å². The second-order valence-corrected chi connectivity index (χ2v) is 17.6. The number of hydrogen-bond acceptors (Lipinski definition) is 10. The first-order chi connectivity index (χ1) is 35.2. The van der Waals surface area contributed by atoms with Crippen LogP contribution in [-0.4, -0.2) is 102 Å². The van der Waals surface area contributed by atoms with E-state index in [1.165, 1.54) is 0 Å². The predicted molar refractivity (Wildman–Crippen MR) is 277 cm³/mol. The number of anilines is 2. The largest absolute Gasteiger partial charge is 0.378 e. The number of aromatic nitrogens is 10. The standard InChI is InChI=1S/C38H32N6O.C19H18N6O/c1-4-10-32(11-5-1)38(33-12-6-2-7-13-33,34-14-8-3-9-15-34)43-28-31(27-40-43)29-16-17-30-26-41-44(36(30)24-29)35-18-19-39-37(25-35)42-20-22-45-23-21-42;1-2-15-13-23-25(18(15)9-14(1)16-11-21-22-12-16)17-3-4-20-19(10-17)24-5-7-26-8-6-24/h1-19,24-28H,20-23H2;1-4,9-13H,5-8H2,(H,21,22). The fourth-order valence-corrected chi connectivity index (χ4v) is 9.82. The van der Waals surface area contributed by atoms with E-state index >= 15 is 0 Å². The lowest BCUT2D eigenvalue weighted by molar-refractivity contribution is 0.122. The van der Waals surface area contributed by atoms with Crippen LogP contribution in [0.4, 0.5) is 11.6 Å². The Morgan fingerprint density at radius 1 is 0.451 bits per heavy atom. The van der Waals surface area contributed by atoms with Gasteiger partial charge in [-0.3, -0.25) is 9.78 Å². The van der Waals surface area contributed by atoms with Crippen LogP contribution in [0.1, 0.15) is 16.7 Å². The second-order valence-electron chi connectivity index (χ2n) is 17.6. The van der Waals surface area contributed by atoms with E-state index in [-0.39, 0.29) is 0 Å². The van der Waals surface area contributed by atoms with Crippen LogP contribution < -0.4 is 9.80 Å². The van der Waals surface area contributed by atoms with Crippen molar-refractivity contribution in [2.24, 2.45) is 0 Å². The molecule has 13 rings (SSSR count). The van der Waals surface area contributed by atoms with Crippen molar-refractivity contribution in [1.29, 1.82) is 0 Å². The topological polar surface area (TPSA) is 133 Å². The number of fused-ring (bicyclic) bond motifs is 2. The zero-order chi connectivity index (χ0) is 47.4. The van der Waals surface area contributed by atoms with Gasteiger partial charge in [-0.15, -0.1) is 0 Å². The molecular formula is C57H50N12O2. The highest BCUT2D eigenvalue weighted by atomic mass is 16.5. The molecule has 0 amide bonds. The molecule has 2 fully saturated rings. The van der Waals surface area contributed by atoms with Gasteiger partial charge in [-0.25, -0.2) is 19.3 Å². The molecule has 0 bridgehead atoms. The molecule has 11 aromatic rings. The minimum atomic E-state index is -0.666. The number of ether oxygens (including phenoxy) is 2. The van der Waals surface area contributed by atoms with Crippen molar-refractivity contribution in [3.05, 3.63) is 218 Å². The number of nitrogens with one attached hydrogen (secondary N) is 1. The molecule has 14 heteroatoms. The van der Waals surface area contributed by atoms with E-state index < -0.39 is 5.54 Å². The van der Waals surface area contributed by atoms with E-state index in [4.69, 9.17) is 19.7 Å². The summed E-state index contributed by atoms with van der Waals surface area (Å²) in [6.07, 6.45) is 15.4. The number of morpholine rings is 2. The van der Waals surface area contributed by atoms with Crippen LogP contribution in [0.25, 0.3) is 55.4 Å². The molecule has 6 aromatic heterocycles. The van der Waals surface area contributed by atoms with Gasteiger partial charge in [0.05, 0.1) is 73.6 Å². The molecule has 0 atom stereocenters. The molecular weight excluding hydrogens is 885 g/mol. The summed E-state index contributed by atoms with van der Waals surface area (Å²) in [6.45, 7) is 6.31. The number of nitrogens with zero attached hydrogens (tertiary/aromatic N) is 11. The lowest BCUT2D eigenvalue weighted by atomic mass is 9.77. The van der Waals surface area contributed by atoms with Crippen molar-refractivity contribution < 1.29 is 9.47 Å². The molecule has 1 N–H and O–H groups in total. The Labute approximate surface area is 410 Å². The zero-order valence-electron chi connectivity index (χ0n) is 38.9. The Morgan fingerprint density at radius 3 is 1.39 bits per heavy atom. The number of hydrogen-bond donors (Lipinski definition) is 1. The Bertz CT molecular complexity index is 3430. The minimum absolute atomic E-state index is 0.666. The van der Waals surface area contributed by atoms with Gasteiger partial charge >= 0.3 is 0 Å². The summed E-state index contributed by atoms with van der Waals surface area (Å²) in [5.74, 6) is 1.90. The lowest BCUT2D eigenvalue weighted by Crippen LogP contribution is -2.38. The average Bonchev–Trinajstić information content (AvgIpc) is 4.31. The minimum Gasteiger partial charge on any atom is -0.378 e. The summed E-state index contributed by atoms with van der Waals surface area (Å²) >= 11 is 0. The summed E-state index contributed by atoms with van der Waals surface area (Å²) < 4.78 is 17.0. The van der Waals surface area contributed by atoms with Crippen molar-refractivity contribution >= 4 is 33.4 Å². The highest BCUT2D eigenvalue weighted by Crippen LogP contribution is 2.41. The molecule has 0 aliphatic carbocycles. The summed E-state index contributed by atoms with van der Waals surface area (Å²) in [4.78, 5) is 13.7. The van der Waals surface area contributed by atoms with E-state index in [2.05, 4.69) is 185 Å².